The maximum Gasteiger partial charge on any atom is 0.337 e. The van der Waals surface area contributed by atoms with E-state index in [4.69, 9.17) is 11.6 Å². The van der Waals surface area contributed by atoms with E-state index in [-0.39, 0.29) is 21.2 Å². The molecule has 0 saturated heterocycles. The zero-order valence-electron chi connectivity index (χ0n) is 16.5. The molecule has 5 nitrogen and oxygen atoms in total. The number of carboxylic acid groups (broad SMARTS) is 1. The lowest BCUT2D eigenvalue weighted by Gasteiger charge is -2.60. The first-order valence-electron chi connectivity index (χ1n) is 10.4. The molecule has 4 bridgehead atoms. The van der Waals surface area contributed by atoms with Gasteiger partial charge in [-0.1, -0.05) is 29.8 Å². The number of rotatable bonds is 5. The van der Waals surface area contributed by atoms with E-state index in [9.17, 15) is 18.3 Å². The van der Waals surface area contributed by atoms with Gasteiger partial charge in [0.15, 0.2) is 0 Å². The SMILES string of the molecule is O=C(O)c1cc(Cl)ccc1N(C12CC3CC(CC(C3)C1)C2)S(=O)(=O)c1ccccc1. The van der Waals surface area contributed by atoms with Crippen LogP contribution in [0.25, 0.3) is 0 Å². The Bertz CT molecular complexity index is 1060. The minimum absolute atomic E-state index is 0.0715. The quantitative estimate of drug-likeness (QED) is 0.686. The van der Waals surface area contributed by atoms with E-state index in [1.54, 1.807) is 42.5 Å². The molecule has 0 atom stereocenters. The average molecular weight is 446 g/mol. The number of sulfonamides is 1. The van der Waals surface area contributed by atoms with Crippen LogP contribution in [0.1, 0.15) is 48.9 Å². The Morgan fingerprint density at radius 1 is 0.967 bits per heavy atom. The summed E-state index contributed by atoms with van der Waals surface area (Å²) in [6.07, 6.45) is 5.83. The van der Waals surface area contributed by atoms with Crippen molar-refractivity contribution in [1.29, 1.82) is 0 Å². The fourth-order valence-corrected chi connectivity index (χ4v) is 8.54. The average Bonchev–Trinajstić information content (AvgIpc) is 2.68. The molecule has 6 rings (SSSR count). The first kappa shape index (κ1) is 19.9. The third kappa shape index (κ3) is 3.12. The van der Waals surface area contributed by atoms with Crippen molar-refractivity contribution in [3.05, 3.63) is 59.1 Å². The molecule has 30 heavy (non-hydrogen) atoms. The third-order valence-electron chi connectivity index (χ3n) is 7.13. The molecule has 4 saturated carbocycles. The maximum atomic E-state index is 14.0. The number of halogens is 1. The van der Waals surface area contributed by atoms with Gasteiger partial charge in [-0.15, -0.1) is 0 Å². The van der Waals surface area contributed by atoms with Crippen molar-refractivity contribution in [3.63, 3.8) is 0 Å². The lowest BCUT2D eigenvalue weighted by molar-refractivity contribution is 0.00308. The summed E-state index contributed by atoms with van der Waals surface area (Å²) in [5.41, 5.74) is -0.433. The summed E-state index contributed by atoms with van der Waals surface area (Å²) >= 11 is 6.08. The second-order valence-corrected chi connectivity index (χ2v) is 11.4. The summed E-state index contributed by atoms with van der Waals surface area (Å²) in [4.78, 5) is 12.3. The molecule has 0 spiro atoms. The monoisotopic (exact) mass is 445 g/mol. The normalized spacial score (nSPS) is 29.7. The van der Waals surface area contributed by atoms with E-state index in [2.05, 4.69) is 0 Å². The predicted molar refractivity (Wildman–Crippen MR) is 115 cm³/mol. The van der Waals surface area contributed by atoms with Gasteiger partial charge in [0.2, 0.25) is 0 Å². The molecule has 0 unspecified atom stereocenters. The van der Waals surface area contributed by atoms with Crippen LogP contribution in [-0.4, -0.2) is 25.0 Å². The minimum atomic E-state index is -3.96. The minimum Gasteiger partial charge on any atom is -0.478 e. The molecule has 1 N–H and O–H groups in total. The van der Waals surface area contributed by atoms with Gasteiger partial charge >= 0.3 is 5.97 Å². The standard InChI is InChI=1S/C23H24ClNO4S/c24-18-6-7-21(20(11-18)22(26)27)25(30(28,29)19-4-2-1-3-5-19)23-12-15-8-16(13-23)10-17(9-15)14-23/h1-7,11,15-17H,8-10,12-14H2,(H,26,27). The highest BCUT2D eigenvalue weighted by Crippen LogP contribution is 2.59. The van der Waals surface area contributed by atoms with E-state index < -0.39 is 21.5 Å². The Morgan fingerprint density at radius 3 is 2.07 bits per heavy atom. The van der Waals surface area contributed by atoms with E-state index >= 15 is 0 Å². The first-order valence-corrected chi connectivity index (χ1v) is 12.2. The molecule has 4 aliphatic carbocycles. The van der Waals surface area contributed by atoms with E-state index in [1.807, 2.05) is 0 Å². The zero-order chi connectivity index (χ0) is 21.1. The molecular formula is C23H24ClNO4S. The number of hydrogen-bond donors (Lipinski definition) is 1. The fourth-order valence-electron chi connectivity index (χ4n) is 6.51. The molecule has 4 aliphatic rings. The van der Waals surface area contributed by atoms with Crippen molar-refractivity contribution >= 4 is 33.3 Å². The van der Waals surface area contributed by atoms with Crippen molar-refractivity contribution < 1.29 is 18.3 Å². The molecule has 0 aliphatic heterocycles. The van der Waals surface area contributed by atoms with Crippen LogP contribution in [0, 0.1) is 17.8 Å². The smallest absolute Gasteiger partial charge is 0.337 e. The van der Waals surface area contributed by atoms with Crippen LogP contribution in [0.3, 0.4) is 0 Å². The van der Waals surface area contributed by atoms with Gasteiger partial charge in [0.25, 0.3) is 10.0 Å². The summed E-state index contributed by atoms with van der Waals surface area (Å²) in [5, 5.41) is 10.2. The molecule has 2 aromatic rings. The number of hydrogen-bond acceptors (Lipinski definition) is 3. The summed E-state index contributed by atoms with van der Waals surface area (Å²) in [7, 11) is -3.96. The van der Waals surface area contributed by atoms with Crippen molar-refractivity contribution in [3.8, 4) is 0 Å². The molecule has 4 fully saturated rings. The predicted octanol–water partition coefficient (Wildman–Crippen LogP) is 5.20. The van der Waals surface area contributed by atoms with Crippen LogP contribution < -0.4 is 4.31 Å². The van der Waals surface area contributed by atoms with Crippen LogP contribution in [0.4, 0.5) is 5.69 Å². The van der Waals surface area contributed by atoms with Crippen molar-refractivity contribution in [2.45, 2.75) is 49.0 Å². The fraction of sp³-hybridized carbons (Fsp3) is 0.435. The summed E-state index contributed by atoms with van der Waals surface area (Å²) in [5.74, 6) is 0.339. The van der Waals surface area contributed by atoms with Gasteiger partial charge in [-0.05, 0) is 86.6 Å². The van der Waals surface area contributed by atoms with E-state index in [0.29, 0.717) is 17.8 Å². The Labute approximate surface area is 181 Å². The Morgan fingerprint density at radius 2 is 1.53 bits per heavy atom. The van der Waals surface area contributed by atoms with Crippen molar-refractivity contribution in [2.75, 3.05) is 4.31 Å². The maximum absolute atomic E-state index is 14.0. The molecule has 0 radical (unpaired) electrons. The molecule has 2 aromatic carbocycles. The van der Waals surface area contributed by atoms with Gasteiger partial charge < -0.3 is 5.11 Å². The second-order valence-electron chi connectivity index (χ2n) is 9.19. The lowest BCUT2D eigenvalue weighted by atomic mass is 9.53. The van der Waals surface area contributed by atoms with Crippen LogP contribution in [-0.2, 0) is 10.0 Å². The molecular weight excluding hydrogens is 422 g/mol. The highest BCUT2D eigenvalue weighted by atomic mass is 35.5. The van der Waals surface area contributed by atoms with Gasteiger partial charge in [-0.3, -0.25) is 4.31 Å². The number of carboxylic acids is 1. The Hall–Kier alpha value is -2.05. The summed E-state index contributed by atoms with van der Waals surface area (Å²) < 4.78 is 29.5. The number of aromatic carboxylic acids is 1. The van der Waals surface area contributed by atoms with Crippen molar-refractivity contribution in [1.82, 2.24) is 0 Å². The van der Waals surface area contributed by atoms with Gasteiger partial charge in [0, 0.05) is 5.02 Å². The zero-order valence-corrected chi connectivity index (χ0v) is 18.1. The Balaban J connectivity index is 1.74. The number of nitrogens with zero attached hydrogens (tertiary/aromatic N) is 1. The van der Waals surface area contributed by atoms with Crippen LogP contribution in [0.5, 0.6) is 0 Å². The van der Waals surface area contributed by atoms with E-state index in [0.717, 1.165) is 38.5 Å². The lowest BCUT2D eigenvalue weighted by Crippen LogP contribution is -2.62. The highest BCUT2D eigenvalue weighted by Gasteiger charge is 2.57. The largest absolute Gasteiger partial charge is 0.478 e. The third-order valence-corrected chi connectivity index (χ3v) is 9.29. The first-order chi connectivity index (χ1) is 14.3. The molecule has 7 heteroatoms. The van der Waals surface area contributed by atoms with E-state index in [1.165, 1.54) is 10.4 Å². The van der Waals surface area contributed by atoms with Crippen LogP contribution >= 0.6 is 11.6 Å². The van der Waals surface area contributed by atoms with Gasteiger partial charge in [-0.25, -0.2) is 13.2 Å². The summed E-state index contributed by atoms with van der Waals surface area (Å²) in [6, 6.07) is 12.8. The number of carbonyl (C=O) groups is 1. The summed E-state index contributed by atoms with van der Waals surface area (Å²) in [6.45, 7) is 0. The van der Waals surface area contributed by atoms with Crippen LogP contribution in [0.15, 0.2) is 53.4 Å². The number of anilines is 1. The van der Waals surface area contributed by atoms with Gasteiger partial charge in [0.1, 0.15) is 0 Å². The molecule has 0 aromatic heterocycles. The number of benzene rings is 2. The Kier molecular flexibility index (Phi) is 4.63. The molecule has 158 valence electrons. The topological polar surface area (TPSA) is 74.7 Å². The van der Waals surface area contributed by atoms with Crippen molar-refractivity contribution in [2.24, 2.45) is 17.8 Å². The highest BCUT2D eigenvalue weighted by molar-refractivity contribution is 7.93. The van der Waals surface area contributed by atoms with Gasteiger partial charge in [0.05, 0.1) is 21.7 Å². The molecule has 0 heterocycles. The molecule has 0 amide bonds. The van der Waals surface area contributed by atoms with Crippen LogP contribution in [0.2, 0.25) is 5.02 Å². The second kappa shape index (κ2) is 6.99. The van der Waals surface area contributed by atoms with Gasteiger partial charge in [-0.2, -0.15) is 0 Å².